The topological polar surface area (TPSA) is 34.0 Å². The molecule has 0 fully saturated rings. The van der Waals surface area contributed by atoms with Crippen LogP contribution in [0, 0.1) is 0 Å². The lowest BCUT2D eigenvalue weighted by molar-refractivity contribution is 0.224. The maximum atomic E-state index is 5.30. The number of benzene rings is 1. The number of thiocarbonyl (C=S) groups is 2. The molecule has 1 rings (SSSR count). The van der Waals surface area contributed by atoms with Crippen molar-refractivity contribution in [1.29, 1.82) is 0 Å². The van der Waals surface area contributed by atoms with Crippen molar-refractivity contribution < 1.29 is 4.74 Å². The average Bonchev–Trinajstić information content (AvgIpc) is 2.20. The number of nitrogens with zero attached hydrogens (tertiary/aromatic N) is 2. The van der Waals surface area contributed by atoms with E-state index in [1.165, 1.54) is 0 Å². The van der Waals surface area contributed by atoms with Crippen molar-refractivity contribution in [3.8, 4) is 5.75 Å². The van der Waals surface area contributed by atoms with Gasteiger partial charge in [0.1, 0.15) is 5.75 Å². The number of isothiocyanates is 2. The van der Waals surface area contributed by atoms with Gasteiger partial charge in [-0.15, -0.1) is 0 Å². The lowest BCUT2D eigenvalue weighted by Gasteiger charge is -2.07. The molecule has 1 aromatic rings. The summed E-state index contributed by atoms with van der Waals surface area (Å²) in [5.74, 6) is 0.639. The Morgan fingerprint density at radius 3 is 2.14 bits per heavy atom. The molecule has 0 aliphatic carbocycles. The molecule has 5 heteroatoms. The minimum absolute atomic E-state index is 0.639. The van der Waals surface area contributed by atoms with Crippen molar-refractivity contribution in [2.75, 3.05) is 0 Å². The Bertz CT molecular complexity index is 363. The van der Waals surface area contributed by atoms with E-state index in [1.54, 1.807) is 12.1 Å². The zero-order valence-electron chi connectivity index (χ0n) is 7.08. The van der Waals surface area contributed by atoms with Crippen molar-refractivity contribution in [2.24, 2.45) is 9.98 Å². The normalized spacial score (nSPS) is 10.6. The van der Waals surface area contributed by atoms with Gasteiger partial charge in [-0.05, 0) is 36.6 Å². The van der Waals surface area contributed by atoms with Gasteiger partial charge in [-0.3, -0.25) is 0 Å². The van der Waals surface area contributed by atoms with Crippen LogP contribution in [0.15, 0.2) is 40.3 Å². The summed E-state index contributed by atoms with van der Waals surface area (Å²) in [6.07, 6.45) is -0.785. The second kappa shape index (κ2) is 6.13. The van der Waals surface area contributed by atoms with Crippen LogP contribution in [0.4, 0.5) is 0 Å². The van der Waals surface area contributed by atoms with Crippen LogP contribution in [0.5, 0.6) is 5.75 Å². The van der Waals surface area contributed by atoms with Crippen LogP contribution in [0.25, 0.3) is 0 Å². The standard InChI is InChI=1S/C9H6N2OS2/c13-6-10-9(11-7-14)12-8-4-2-1-3-5-8/h1-5,9H. The van der Waals surface area contributed by atoms with Crippen LogP contribution in [0.2, 0.25) is 0 Å². The molecule has 70 valence electrons. The van der Waals surface area contributed by atoms with Crippen molar-refractivity contribution in [2.45, 2.75) is 6.35 Å². The van der Waals surface area contributed by atoms with Gasteiger partial charge in [0, 0.05) is 0 Å². The van der Waals surface area contributed by atoms with Gasteiger partial charge in [-0.2, -0.15) is 9.98 Å². The fourth-order valence-electron chi connectivity index (χ4n) is 0.793. The highest BCUT2D eigenvalue weighted by molar-refractivity contribution is 7.78. The first-order chi connectivity index (χ1) is 6.86. The lowest BCUT2D eigenvalue weighted by Crippen LogP contribution is -2.09. The third-order valence-electron chi connectivity index (χ3n) is 1.31. The smallest absolute Gasteiger partial charge is 0.304 e. The van der Waals surface area contributed by atoms with Crippen LogP contribution < -0.4 is 4.74 Å². The molecule has 0 radical (unpaired) electrons. The van der Waals surface area contributed by atoms with Crippen molar-refractivity contribution in [1.82, 2.24) is 0 Å². The number of hydrogen-bond donors (Lipinski definition) is 0. The molecule has 0 saturated carbocycles. The summed E-state index contributed by atoms with van der Waals surface area (Å²) in [5, 5.41) is 4.35. The molecular weight excluding hydrogens is 216 g/mol. The minimum atomic E-state index is -0.785. The predicted molar refractivity (Wildman–Crippen MR) is 60.9 cm³/mol. The van der Waals surface area contributed by atoms with E-state index in [4.69, 9.17) is 4.74 Å². The van der Waals surface area contributed by atoms with E-state index in [0.29, 0.717) is 5.75 Å². The van der Waals surface area contributed by atoms with Gasteiger partial charge in [0.05, 0.1) is 10.3 Å². The van der Waals surface area contributed by atoms with Gasteiger partial charge in [0.25, 0.3) is 0 Å². The Hall–Kier alpha value is -1.38. The molecule has 0 bridgehead atoms. The monoisotopic (exact) mass is 222 g/mol. The fraction of sp³-hybridized carbons (Fsp3) is 0.111. The van der Waals surface area contributed by atoms with Gasteiger partial charge in [-0.1, -0.05) is 18.2 Å². The molecule has 0 atom stereocenters. The number of hydrogen-bond acceptors (Lipinski definition) is 5. The van der Waals surface area contributed by atoms with E-state index in [2.05, 4.69) is 44.7 Å². The van der Waals surface area contributed by atoms with Crippen molar-refractivity contribution in [3.63, 3.8) is 0 Å². The fourth-order valence-corrected chi connectivity index (χ4v) is 0.973. The summed E-state index contributed by atoms with van der Waals surface area (Å²) in [6.45, 7) is 0. The summed E-state index contributed by atoms with van der Waals surface area (Å²) in [7, 11) is 0. The quantitative estimate of drug-likeness (QED) is 0.580. The second-order valence-corrected chi connectivity index (χ2v) is 2.56. The van der Waals surface area contributed by atoms with Gasteiger partial charge in [0.2, 0.25) is 0 Å². The van der Waals surface area contributed by atoms with Crippen LogP contribution in [-0.4, -0.2) is 16.7 Å². The lowest BCUT2D eigenvalue weighted by atomic mass is 10.3. The second-order valence-electron chi connectivity index (χ2n) is 2.20. The highest BCUT2D eigenvalue weighted by Crippen LogP contribution is 2.11. The molecule has 3 nitrogen and oxygen atoms in total. The van der Waals surface area contributed by atoms with E-state index < -0.39 is 6.35 Å². The molecule has 14 heavy (non-hydrogen) atoms. The average molecular weight is 222 g/mol. The molecule has 0 aromatic heterocycles. The Morgan fingerprint density at radius 1 is 1.07 bits per heavy atom. The SMILES string of the molecule is S=C=NC(N=C=S)Oc1ccccc1. The highest BCUT2D eigenvalue weighted by Gasteiger charge is 2.03. The minimum Gasteiger partial charge on any atom is -0.448 e. The molecule has 0 N–H and O–H groups in total. The Morgan fingerprint density at radius 2 is 1.64 bits per heavy atom. The summed E-state index contributed by atoms with van der Waals surface area (Å²) >= 11 is 8.88. The number of ether oxygens (including phenoxy) is 1. The maximum Gasteiger partial charge on any atom is 0.304 e. The first-order valence-electron chi connectivity index (χ1n) is 3.72. The van der Waals surface area contributed by atoms with Gasteiger partial charge in [-0.25, -0.2) is 0 Å². The Kier molecular flexibility index (Phi) is 4.69. The third-order valence-corrected chi connectivity index (χ3v) is 1.52. The molecule has 0 heterocycles. The predicted octanol–water partition coefficient (Wildman–Crippen LogP) is 2.55. The molecule has 0 aliphatic heterocycles. The van der Waals surface area contributed by atoms with Crippen molar-refractivity contribution in [3.05, 3.63) is 30.3 Å². The van der Waals surface area contributed by atoms with Gasteiger partial charge in [0.15, 0.2) is 0 Å². The van der Waals surface area contributed by atoms with E-state index >= 15 is 0 Å². The maximum absolute atomic E-state index is 5.30. The van der Waals surface area contributed by atoms with Crippen LogP contribution in [0.3, 0.4) is 0 Å². The first-order valence-corrected chi connectivity index (χ1v) is 4.54. The zero-order chi connectivity index (χ0) is 10.2. The molecule has 0 unspecified atom stereocenters. The number of para-hydroxylation sites is 1. The Labute approximate surface area is 92.1 Å². The number of aliphatic imine (C=N–C) groups is 2. The van der Waals surface area contributed by atoms with Crippen LogP contribution in [-0.2, 0) is 0 Å². The van der Waals surface area contributed by atoms with Crippen LogP contribution in [0.1, 0.15) is 0 Å². The van der Waals surface area contributed by atoms with Crippen LogP contribution >= 0.6 is 24.4 Å². The zero-order valence-corrected chi connectivity index (χ0v) is 8.72. The van der Waals surface area contributed by atoms with E-state index in [0.717, 1.165) is 0 Å². The molecule has 0 aliphatic rings. The largest absolute Gasteiger partial charge is 0.448 e. The van der Waals surface area contributed by atoms with Crippen molar-refractivity contribution >= 4 is 34.8 Å². The summed E-state index contributed by atoms with van der Waals surface area (Å²) in [6, 6.07) is 9.13. The van der Waals surface area contributed by atoms with Gasteiger partial charge < -0.3 is 4.74 Å². The summed E-state index contributed by atoms with van der Waals surface area (Å²) in [4.78, 5) is 7.31. The van der Waals surface area contributed by atoms with E-state index in [9.17, 15) is 0 Å². The summed E-state index contributed by atoms with van der Waals surface area (Å²) < 4.78 is 5.30. The molecule has 0 saturated heterocycles. The first kappa shape index (κ1) is 10.7. The Balaban J connectivity index is 2.74. The van der Waals surface area contributed by atoms with E-state index in [-0.39, 0.29) is 0 Å². The molecular formula is C9H6N2OS2. The molecule has 0 amide bonds. The molecule has 0 spiro atoms. The number of rotatable bonds is 4. The highest BCUT2D eigenvalue weighted by atomic mass is 32.1. The molecule has 1 aromatic carbocycles. The van der Waals surface area contributed by atoms with E-state index in [1.807, 2.05) is 18.2 Å². The van der Waals surface area contributed by atoms with Gasteiger partial charge >= 0.3 is 6.35 Å². The third kappa shape index (κ3) is 3.56. The summed E-state index contributed by atoms with van der Waals surface area (Å²) in [5.41, 5.74) is 0.